The molecule has 0 bridgehead atoms. The molecule has 4 rings (SSSR count). The summed E-state index contributed by atoms with van der Waals surface area (Å²) >= 11 is 0. The number of sulfone groups is 1. The first-order valence-electron chi connectivity index (χ1n) is 8.38. The van der Waals surface area contributed by atoms with Gasteiger partial charge < -0.3 is 9.42 Å². The minimum atomic E-state index is -2.96. The van der Waals surface area contributed by atoms with E-state index in [4.69, 9.17) is 4.52 Å². The maximum atomic E-state index is 11.7. The Hall–Kier alpha value is -2.68. The van der Waals surface area contributed by atoms with Crippen LogP contribution in [0.1, 0.15) is 11.5 Å². The zero-order valence-electron chi connectivity index (χ0n) is 14.4. The zero-order chi connectivity index (χ0) is 18.1. The minimum absolute atomic E-state index is 0.129. The second-order valence-corrected chi connectivity index (χ2v) is 8.65. The summed E-state index contributed by atoms with van der Waals surface area (Å²) in [7, 11) is -2.96. The average molecular weight is 373 g/mol. The standard InChI is InChI=1S/C17H19N5O3S/c1-13-11-15(20-25-13)12-22-16(14-5-3-2-4-6-14)18-19-17(22)21-7-9-26(23,24)10-8-21/h2-6,11H,7-10,12H2,1H3. The predicted octanol–water partition coefficient (Wildman–Crippen LogP) is 1.52. The molecule has 3 heterocycles. The Kier molecular flexibility index (Phi) is 4.23. The highest BCUT2D eigenvalue weighted by Gasteiger charge is 2.26. The van der Waals surface area contributed by atoms with Crippen molar-refractivity contribution in [1.29, 1.82) is 0 Å². The summed E-state index contributed by atoms with van der Waals surface area (Å²) in [5.41, 5.74) is 1.71. The molecule has 8 nitrogen and oxygen atoms in total. The molecule has 1 aromatic carbocycles. The monoisotopic (exact) mass is 373 g/mol. The van der Waals surface area contributed by atoms with Crippen molar-refractivity contribution in [3.63, 3.8) is 0 Å². The highest BCUT2D eigenvalue weighted by atomic mass is 32.2. The topological polar surface area (TPSA) is 94.1 Å². The normalized spacial score (nSPS) is 16.7. The second kappa shape index (κ2) is 6.56. The fourth-order valence-electron chi connectivity index (χ4n) is 3.04. The molecule has 0 N–H and O–H groups in total. The Balaban J connectivity index is 1.73. The first kappa shape index (κ1) is 16.8. The third-order valence-electron chi connectivity index (χ3n) is 4.39. The molecular weight excluding hydrogens is 354 g/mol. The summed E-state index contributed by atoms with van der Waals surface area (Å²) in [4.78, 5) is 1.97. The molecule has 0 unspecified atom stereocenters. The molecule has 2 aromatic heterocycles. The number of rotatable bonds is 4. The van der Waals surface area contributed by atoms with E-state index in [1.807, 2.05) is 52.8 Å². The van der Waals surface area contributed by atoms with E-state index in [-0.39, 0.29) is 11.5 Å². The molecule has 136 valence electrons. The maximum Gasteiger partial charge on any atom is 0.227 e. The van der Waals surface area contributed by atoms with Gasteiger partial charge in [0.05, 0.1) is 18.1 Å². The van der Waals surface area contributed by atoms with Gasteiger partial charge in [0, 0.05) is 24.7 Å². The van der Waals surface area contributed by atoms with Crippen molar-refractivity contribution in [1.82, 2.24) is 19.9 Å². The lowest BCUT2D eigenvalue weighted by atomic mass is 10.2. The number of benzene rings is 1. The Labute approximate surface area is 151 Å². The average Bonchev–Trinajstić information content (AvgIpc) is 3.23. The van der Waals surface area contributed by atoms with Gasteiger partial charge in [-0.25, -0.2) is 8.42 Å². The molecule has 0 atom stereocenters. The summed E-state index contributed by atoms with van der Waals surface area (Å²) < 4.78 is 30.6. The third kappa shape index (κ3) is 3.34. The number of anilines is 1. The first-order chi connectivity index (χ1) is 12.5. The van der Waals surface area contributed by atoms with E-state index in [9.17, 15) is 8.42 Å². The van der Waals surface area contributed by atoms with E-state index in [0.717, 1.165) is 22.8 Å². The van der Waals surface area contributed by atoms with Crippen LogP contribution in [0, 0.1) is 6.92 Å². The van der Waals surface area contributed by atoms with Crippen molar-refractivity contribution in [3.8, 4) is 11.4 Å². The van der Waals surface area contributed by atoms with Crippen LogP contribution in [0.15, 0.2) is 40.9 Å². The summed E-state index contributed by atoms with van der Waals surface area (Å²) in [6.07, 6.45) is 0. The van der Waals surface area contributed by atoms with Crippen molar-refractivity contribution < 1.29 is 12.9 Å². The van der Waals surface area contributed by atoms with Gasteiger partial charge in [0.1, 0.15) is 11.5 Å². The predicted molar refractivity (Wildman–Crippen MR) is 96.7 cm³/mol. The quantitative estimate of drug-likeness (QED) is 0.684. The van der Waals surface area contributed by atoms with E-state index in [0.29, 0.717) is 25.6 Å². The third-order valence-corrected chi connectivity index (χ3v) is 6.00. The highest BCUT2D eigenvalue weighted by Crippen LogP contribution is 2.25. The van der Waals surface area contributed by atoms with E-state index in [2.05, 4.69) is 15.4 Å². The Morgan fingerprint density at radius 1 is 1.12 bits per heavy atom. The largest absolute Gasteiger partial charge is 0.361 e. The molecule has 0 spiro atoms. The fourth-order valence-corrected chi connectivity index (χ4v) is 4.24. The summed E-state index contributed by atoms with van der Waals surface area (Å²) in [6, 6.07) is 11.7. The van der Waals surface area contributed by atoms with Crippen LogP contribution in [-0.2, 0) is 16.4 Å². The van der Waals surface area contributed by atoms with Gasteiger partial charge in [0.25, 0.3) is 0 Å². The molecule has 9 heteroatoms. The molecular formula is C17H19N5O3S. The van der Waals surface area contributed by atoms with Crippen molar-refractivity contribution in [2.45, 2.75) is 13.5 Å². The zero-order valence-corrected chi connectivity index (χ0v) is 15.2. The molecule has 0 amide bonds. The lowest BCUT2D eigenvalue weighted by molar-refractivity contribution is 0.389. The number of hydrogen-bond acceptors (Lipinski definition) is 7. The molecule has 26 heavy (non-hydrogen) atoms. The molecule has 1 fully saturated rings. The van der Waals surface area contributed by atoms with E-state index in [1.54, 1.807) is 0 Å². The molecule has 1 saturated heterocycles. The molecule has 3 aromatic rings. The Morgan fingerprint density at radius 2 is 1.85 bits per heavy atom. The van der Waals surface area contributed by atoms with E-state index < -0.39 is 9.84 Å². The molecule has 0 aliphatic carbocycles. The summed E-state index contributed by atoms with van der Waals surface area (Å²) in [6.45, 7) is 3.12. The van der Waals surface area contributed by atoms with Crippen LogP contribution in [0.5, 0.6) is 0 Å². The number of hydrogen-bond donors (Lipinski definition) is 0. The van der Waals surface area contributed by atoms with Crippen LogP contribution in [0.3, 0.4) is 0 Å². The van der Waals surface area contributed by atoms with Crippen LogP contribution in [-0.4, -0.2) is 52.9 Å². The Morgan fingerprint density at radius 3 is 2.50 bits per heavy atom. The van der Waals surface area contributed by atoms with Gasteiger partial charge in [0.15, 0.2) is 15.7 Å². The minimum Gasteiger partial charge on any atom is -0.361 e. The number of aryl methyl sites for hydroxylation is 1. The van der Waals surface area contributed by atoms with E-state index >= 15 is 0 Å². The number of nitrogens with zero attached hydrogens (tertiary/aromatic N) is 5. The lowest BCUT2D eigenvalue weighted by Crippen LogP contribution is -2.41. The van der Waals surface area contributed by atoms with Crippen LogP contribution >= 0.6 is 0 Å². The van der Waals surface area contributed by atoms with Gasteiger partial charge >= 0.3 is 0 Å². The van der Waals surface area contributed by atoms with Crippen molar-refractivity contribution >= 4 is 15.8 Å². The van der Waals surface area contributed by atoms with Crippen molar-refractivity contribution in [2.24, 2.45) is 0 Å². The second-order valence-electron chi connectivity index (χ2n) is 6.34. The van der Waals surface area contributed by atoms with Crippen LogP contribution in [0.4, 0.5) is 5.95 Å². The van der Waals surface area contributed by atoms with Gasteiger partial charge in [-0.3, -0.25) is 4.57 Å². The van der Waals surface area contributed by atoms with Crippen molar-refractivity contribution in [3.05, 3.63) is 47.9 Å². The maximum absolute atomic E-state index is 11.7. The van der Waals surface area contributed by atoms with Crippen LogP contribution in [0.25, 0.3) is 11.4 Å². The highest BCUT2D eigenvalue weighted by molar-refractivity contribution is 7.91. The van der Waals surface area contributed by atoms with Crippen molar-refractivity contribution in [2.75, 3.05) is 29.5 Å². The van der Waals surface area contributed by atoms with Gasteiger partial charge in [-0.1, -0.05) is 35.5 Å². The first-order valence-corrected chi connectivity index (χ1v) is 10.2. The smallest absolute Gasteiger partial charge is 0.227 e. The van der Waals surface area contributed by atoms with Gasteiger partial charge in [-0.15, -0.1) is 10.2 Å². The van der Waals surface area contributed by atoms with Crippen LogP contribution in [0.2, 0.25) is 0 Å². The lowest BCUT2D eigenvalue weighted by Gasteiger charge is -2.27. The van der Waals surface area contributed by atoms with Gasteiger partial charge in [0.2, 0.25) is 5.95 Å². The Bertz CT molecular complexity index is 996. The molecule has 1 aliphatic heterocycles. The van der Waals surface area contributed by atoms with Crippen LogP contribution < -0.4 is 4.90 Å². The fraction of sp³-hybridized carbons (Fsp3) is 0.353. The van der Waals surface area contributed by atoms with E-state index in [1.165, 1.54) is 0 Å². The SMILES string of the molecule is Cc1cc(Cn2c(-c3ccccc3)nnc2N2CCS(=O)(=O)CC2)no1. The van der Waals surface area contributed by atoms with Gasteiger partial charge in [-0.05, 0) is 6.92 Å². The molecule has 0 saturated carbocycles. The summed E-state index contributed by atoms with van der Waals surface area (Å²) in [5, 5.41) is 12.8. The molecule has 0 radical (unpaired) electrons. The van der Waals surface area contributed by atoms with Gasteiger partial charge in [-0.2, -0.15) is 0 Å². The molecule has 1 aliphatic rings. The number of aromatic nitrogens is 4. The summed E-state index contributed by atoms with van der Waals surface area (Å²) in [5.74, 6) is 2.36.